The highest BCUT2D eigenvalue weighted by atomic mass is 32.2. The lowest BCUT2D eigenvalue weighted by atomic mass is 9.99. The Labute approximate surface area is 265 Å². The van der Waals surface area contributed by atoms with Gasteiger partial charge in [-0.1, -0.05) is 53.5 Å². The van der Waals surface area contributed by atoms with E-state index in [-0.39, 0.29) is 5.91 Å². The van der Waals surface area contributed by atoms with Crippen molar-refractivity contribution in [1.29, 1.82) is 0 Å². The summed E-state index contributed by atoms with van der Waals surface area (Å²) in [6.07, 6.45) is 4.23. The molecular formula is C32H34N6O4S2. The van der Waals surface area contributed by atoms with Crippen LogP contribution >= 0.6 is 24.0 Å². The number of nitrogens with one attached hydrogen (secondary N) is 1. The van der Waals surface area contributed by atoms with Crippen molar-refractivity contribution in [3.8, 4) is 22.6 Å². The molecule has 0 spiro atoms. The number of aryl methyl sites for hydroxylation is 1. The highest BCUT2D eigenvalue weighted by Crippen LogP contribution is 2.36. The number of carbonyl (C=O) groups excluding carboxylic acids is 1. The number of fused-ring (bicyclic) bond motifs is 1. The van der Waals surface area contributed by atoms with E-state index in [0.29, 0.717) is 34.6 Å². The van der Waals surface area contributed by atoms with E-state index in [4.69, 9.17) is 26.4 Å². The average molecular weight is 631 g/mol. The van der Waals surface area contributed by atoms with Gasteiger partial charge in [-0.25, -0.2) is 0 Å². The molecular weight excluding hydrogens is 597 g/mol. The smallest absolute Gasteiger partial charge is 0.266 e. The van der Waals surface area contributed by atoms with Crippen LogP contribution in [0, 0.1) is 0 Å². The first-order valence-corrected chi connectivity index (χ1v) is 15.9. The maximum Gasteiger partial charge on any atom is 0.266 e. The van der Waals surface area contributed by atoms with Crippen LogP contribution in [0.3, 0.4) is 0 Å². The molecule has 228 valence electrons. The molecule has 1 aromatic heterocycles. The molecule has 2 saturated heterocycles. The van der Waals surface area contributed by atoms with E-state index in [1.165, 1.54) is 11.8 Å². The first-order chi connectivity index (χ1) is 21.6. The fourth-order valence-corrected chi connectivity index (χ4v) is 6.59. The van der Waals surface area contributed by atoms with Crippen LogP contribution in [0.4, 0.5) is 0 Å². The molecule has 12 heteroatoms. The van der Waals surface area contributed by atoms with E-state index in [1.807, 2.05) is 24.3 Å². The molecule has 4 aromatic rings. The Morgan fingerprint density at radius 2 is 1.82 bits per heavy atom. The fraction of sp³-hybridized carbons (Fsp3) is 0.344. The van der Waals surface area contributed by atoms with Crippen molar-refractivity contribution in [3.63, 3.8) is 0 Å². The summed E-state index contributed by atoms with van der Waals surface area (Å²) in [5, 5.41) is 16.3. The monoisotopic (exact) mass is 630 g/mol. The number of H-pyrrole nitrogens is 1. The quantitative estimate of drug-likeness (QED) is 0.131. The van der Waals surface area contributed by atoms with Crippen LogP contribution in [0.25, 0.3) is 28.0 Å². The van der Waals surface area contributed by atoms with Gasteiger partial charge in [0.1, 0.15) is 22.4 Å². The number of rotatable bonds is 12. The van der Waals surface area contributed by atoms with Crippen molar-refractivity contribution in [1.82, 2.24) is 30.4 Å². The number of amides is 1. The number of morpholine rings is 1. The number of thiocarbonyl (C=S) groups is 1. The molecule has 1 amide bonds. The predicted octanol–water partition coefficient (Wildman–Crippen LogP) is 4.96. The van der Waals surface area contributed by atoms with Gasteiger partial charge in [-0.05, 0) is 71.1 Å². The van der Waals surface area contributed by atoms with Crippen molar-refractivity contribution in [3.05, 3.63) is 70.9 Å². The van der Waals surface area contributed by atoms with Crippen molar-refractivity contribution < 1.29 is 19.0 Å². The van der Waals surface area contributed by atoms with Crippen LogP contribution in [0.2, 0.25) is 0 Å². The Hall–Kier alpha value is -3.84. The summed E-state index contributed by atoms with van der Waals surface area (Å²) in [7, 11) is 1.67. The first kappa shape index (κ1) is 30.2. The topological polar surface area (TPSA) is 106 Å². The molecule has 0 bridgehead atoms. The minimum absolute atomic E-state index is 0.0797. The third-order valence-electron chi connectivity index (χ3n) is 7.74. The van der Waals surface area contributed by atoms with Gasteiger partial charge in [0.25, 0.3) is 5.91 Å². The number of methoxy groups -OCH3 is 1. The minimum Gasteiger partial charge on any atom is -0.497 e. The highest BCUT2D eigenvalue weighted by molar-refractivity contribution is 8.26. The second-order valence-corrected chi connectivity index (χ2v) is 12.3. The number of aromatic nitrogens is 4. The lowest BCUT2D eigenvalue weighted by molar-refractivity contribution is -0.122. The maximum atomic E-state index is 13.5. The number of nitrogens with zero attached hydrogens (tertiary/aromatic N) is 5. The van der Waals surface area contributed by atoms with Crippen LogP contribution < -0.4 is 9.47 Å². The standard InChI is InChI=1S/C32H34N6O4S2/c1-40-27-9-7-23-18-22(5-6-25(23)20-27)24-8-10-28(42-17-14-37-12-15-41-16-13-37)26(19-24)21-29-31(39)38(32(43)44-29)11-3-2-4-30-33-35-36-34-30/h5-10,18-21H,2-4,11-17H2,1H3,(H,33,34,35,36). The zero-order chi connectivity index (χ0) is 30.3. The number of benzene rings is 3. The van der Waals surface area contributed by atoms with Gasteiger partial charge in [0.2, 0.25) is 0 Å². The molecule has 2 fully saturated rings. The maximum absolute atomic E-state index is 13.5. The van der Waals surface area contributed by atoms with E-state index < -0.39 is 0 Å². The number of carbonyl (C=O) groups is 1. The summed E-state index contributed by atoms with van der Waals surface area (Å²) < 4.78 is 17.7. The van der Waals surface area contributed by atoms with Crippen LogP contribution in [0.5, 0.6) is 11.5 Å². The van der Waals surface area contributed by atoms with Gasteiger partial charge < -0.3 is 14.2 Å². The second-order valence-electron chi connectivity index (χ2n) is 10.6. The molecule has 44 heavy (non-hydrogen) atoms. The molecule has 6 rings (SSSR count). The van der Waals surface area contributed by atoms with Crippen LogP contribution in [0.15, 0.2) is 59.5 Å². The summed E-state index contributed by atoms with van der Waals surface area (Å²) in [4.78, 5) is 18.1. The van der Waals surface area contributed by atoms with E-state index in [1.54, 1.807) is 12.0 Å². The molecule has 3 heterocycles. The van der Waals surface area contributed by atoms with Gasteiger partial charge >= 0.3 is 0 Å². The first-order valence-electron chi connectivity index (χ1n) is 14.7. The zero-order valence-corrected chi connectivity index (χ0v) is 26.2. The molecule has 3 aromatic carbocycles. The Balaban J connectivity index is 1.22. The highest BCUT2D eigenvalue weighted by Gasteiger charge is 2.31. The van der Waals surface area contributed by atoms with E-state index in [2.05, 4.69) is 61.9 Å². The molecule has 0 atom stereocenters. The Morgan fingerprint density at radius 1 is 1.02 bits per heavy atom. The van der Waals surface area contributed by atoms with Crippen molar-refractivity contribution in [2.24, 2.45) is 0 Å². The number of aromatic amines is 1. The molecule has 2 aliphatic rings. The largest absolute Gasteiger partial charge is 0.497 e. The van der Waals surface area contributed by atoms with Crippen molar-refractivity contribution in [2.75, 3.05) is 53.1 Å². The number of hydrogen-bond donors (Lipinski definition) is 1. The van der Waals surface area contributed by atoms with Crippen LogP contribution in [0.1, 0.15) is 24.2 Å². The van der Waals surface area contributed by atoms with E-state index in [0.717, 1.165) is 84.7 Å². The number of tetrazole rings is 1. The van der Waals surface area contributed by atoms with Crippen molar-refractivity contribution in [2.45, 2.75) is 19.3 Å². The van der Waals surface area contributed by atoms with Gasteiger partial charge in [0, 0.05) is 38.2 Å². The van der Waals surface area contributed by atoms with Crippen molar-refractivity contribution >= 4 is 51.1 Å². The normalized spacial score (nSPS) is 16.8. The molecule has 1 N–H and O–H groups in total. The molecule has 0 saturated carbocycles. The Kier molecular flexibility index (Phi) is 9.81. The van der Waals surface area contributed by atoms with Crippen LogP contribution in [-0.2, 0) is 16.0 Å². The fourth-order valence-electron chi connectivity index (χ4n) is 5.29. The summed E-state index contributed by atoms with van der Waals surface area (Å²) in [5.74, 6) is 2.15. The molecule has 0 unspecified atom stereocenters. The molecule has 2 aliphatic heterocycles. The summed E-state index contributed by atoms with van der Waals surface area (Å²) in [5.41, 5.74) is 2.95. The minimum atomic E-state index is -0.0797. The lowest BCUT2D eigenvalue weighted by Gasteiger charge is -2.26. The van der Waals surface area contributed by atoms with E-state index >= 15 is 0 Å². The van der Waals surface area contributed by atoms with E-state index in [9.17, 15) is 4.79 Å². The number of ether oxygens (including phenoxy) is 3. The van der Waals surface area contributed by atoms with Gasteiger partial charge in [0.05, 0.1) is 25.2 Å². The second kappa shape index (κ2) is 14.3. The van der Waals surface area contributed by atoms with Gasteiger partial charge in [-0.15, -0.1) is 10.2 Å². The molecule has 0 radical (unpaired) electrons. The van der Waals surface area contributed by atoms with Gasteiger partial charge in [-0.2, -0.15) is 5.21 Å². The zero-order valence-electron chi connectivity index (χ0n) is 24.5. The van der Waals surface area contributed by atoms with Gasteiger partial charge in [-0.3, -0.25) is 14.6 Å². The summed E-state index contributed by atoms with van der Waals surface area (Å²) >= 11 is 6.95. The van der Waals surface area contributed by atoms with Crippen LogP contribution in [-0.4, -0.2) is 93.8 Å². The van der Waals surface area contributed by atoms with Gasteiger partial charge in [0.15, 0.2) is 5.82 Å². The summed E-state index contributed by atoms with van der Waals surface area (Å²) in [6.45, 7) is 5.20. The number of unbranched alkanes of at least 4 members (excludes halogenated alkanes) is 1. The predicted molar refractivity (Wildman–Crippen MR) is 176 cm³/mol. The molecule has 0 aliphatic carbocycles. The Bertz CT molecular complexity index is 1660. The Morgan fingerprint density at radius 3 is 2.64 bits per heavy atom. The average Bonchev–Trinajstić information content (AvgIpc) is 3.67. The SMILES string of the molecule is COc1ccc2cc(-c3ccc(OCCN4CCOCC4)c(C=C4SC(=S)N(CCCCc5nn[nH]n5)C4=O)c3)ccc2c1. The lowest BCUT2D eigenvalue weighted by Crippen LogP contribution is -2.38. The number of thioether (sulfide) groups is 1. The third kappa shape index (κ3) is 7.27. The molecule has 10 nitrogen and oxygen atoms in total. The number of hydrogen-bond acceptors (Lipinski definition) is 10. The third-order valence-corrected chi connectivity index (χ3v) is 9.12. The summed E-state index contributed by atoms with van der Waals surface area (Å²) in [6, 6.07) is 18.6.